The molecule has 1 amide bonds. The number of hydrogen-bond acceptors (Lipinski definition) is 5. The van der Waals surface area contributed by atoms with E-state index in [0.717, 1.165) is 42.5 Å². The van der Waals surface area contributed by atoms with Crippen LogP contribution in [0.15, 0.2) is 30.9 Å². The lowest BCUT2D eigenvalue weighted by Gasteiger charge is -2.14. The number of nitrogens with zero attached hydrogens (tertiary/aromatic N) is 5. The van der Waals surface area contributed by atoms with Crippen LogP contribution in [0.5, 0.6) is 0 Å². The number of rotatable bonds is 7. The summed E-state index contributed by atoms with van der Waals surface area (Å²) in [6.07, 6.45) is 10.5. The van der Waals surface area contributed by atoms with E-state index in [1.54, 1.807) is 10.9 Å². The number of fused-ring (bicyclic) bond motifs is 1. The zero-order valence-corrected chi connectivity index (χ0v) is 15.7. The maximum Gasteiger partial charge on any atom is 0.244 e. The largest absolute Gasteiger partial charge is 0.354 e. The van der Waals surface area contributed by atoms with Crippen LogP contribution in [-0.2, 0) is 11.3 Å². The predicted octanol–water partition coefficient (Wildman–Crippen LogP) is 2.87. The van der Waals surface area contributed by atoms with Crippen molar-refractivity contribution < 1.29 is 4.79 Å². The van der Waals surface area contributed by atoms with E-state index in [4.69, 9.17) is 4.98 Å². The van der Waals surface area contributed by atoms with E-state index in [1.165, 1.54) is 0 Å². The van der Waals surface area contributed by atoms with E-state index in [1.807, 2.05) is 12.4 Å². The lowest BCUT2D eigenvalue weighted by Crippen LogP contribution is -2.22. The molecule has 142 valence electrons. The molecule has 3 aromatic heterocycles. The normalized spacial score (nSPS) is 17.0. The molecule has 1 saturated heterocycles. The lowest BCUT2D eigenvalue weighted by molar-refractivity contribution is -0.122. The van der Waals surface area contributed by atoms with Crippen molar-refractivity contribution in [2.75, 3.05) is 11.9 Å². The third kappa shape index (κ3) is 3.51. The van der Waals surface area contributed by atoms with Crippen molar-refractivity contribution in [1.82, 2.24) is 29.6 Å². The number of hydrogen-bond donors (Lipinski definition) is 2. The minimum Gasteiger partial charge on any atom is -0.354 e. The molecule has 0 radical (unpaired) electrons. The molecule has 1 unspecified atom stereocenters. The summed E-state index contributed by atoms with van der Waals surface area (Å²) in [5, 5.41) is 11.4. The lowest BCUT2D eigenvalue weighted by atomic mass is 10.0. The minimum atomic E-state index is -0.235. The molecule has 1 atom stereocenters. The van der Waals surface area contributed by atoms with Crippen molar-refractivity contribution in [3.63, 3.8) is 0 Å². The second-order valence-corrected chi connectivity index (χ2v) is 7.05. The molecule has 1 fully saturated rings. The van der Waals surface area contributed by atoms with Gasteiger partial charge in [0.1, 0.15) is 11.7 Å². The van der Waals surface area contributed by atoms with E-state index in [-0.39, 0.29) is 11.9 Å². The Morgan fingerprint density at radius 2 is 2.19 bits per heavy atom. The molecule has 0 aliphatic carbocycles. The molecule has 3 aromatic rings. The van der Waals surface area contributed by atoms with E-state index in [9.17, 15) is 4.79 Å². The quantitative estimate of drug-likeness (QED) is 0.670. The zero-order chi connectivity index (χ0) is 18.8. The number of carbonyl (C=O) groups excluding carboxylic acids is 1. The van der Waals surface area contributed by atoms with Gasteiger partial charge in [-0.2, -0.15) is 10.1 Å². The molecule has 8 heteroatoms. The van der Waals surface area contributed by atoms with Gasteiger partial charge in [-0.1, -0.05) is 26.7 Å². The van der Waals surface area contributed by atoms with Gasteiger partial charge in [0, 0.05) is 37.1 Å². The van der Waals surface area contributed by atoms with E-state index >= 15 is 0 Å². The second kappa shape index (κ2) is 7.38. The van der Waals surface area contributed by atoms with Crippen LogP contribution < -0.4 is 10.6 Å². The number of anilines is 2. The van der Waals surface area contributed by atoms with Crippen LogP contribution in [0.25, 0.3) is 11.0 Å². The van der Waals surface area contributed by atoms with Gasteiger partial charge in [-0.3, -0.25) is 9.48 Å². The third-order valence-electron chi connectivity index (χ3n) is 5.31. The standard InChI is InChI=1S/C19H25N7O/c1-3-13(4-2)11-25-8-6-14-9-21-19(24-17(14)25)23-15-10-22-26(12-15)16-5-7-20-18(16)27/h6,8-10,12-13,16H,3-5,7,11H2,1-2H3,(H,20,27)(H,21,23,24). The monoisotopic (exact) mass is 367 g/mol. The Morgan fingerprint density at radius 1 is 1.33 bits per heavy atom. The summed E-state index contributed by atoms with van der Waals surface area (Å²) in [6.45, 7) is 6.11. The molecule has 1 aliphatic rings. The zero-order valence-electron chi connectivity index (χ0n) is 15.7. The van der Waals surface area contributed by atoms with Crippen LogP contribution in [0.2, 0.25) is 0 Å². The fourth-order valence-corrected chi connectivity index (χ4v) is 3.54. The minimum absolute atomic E-state index is 0.0153. The van der Waals surface area contributed by atoms with Gasteiger partial charge in [-0.25, -0.2) is 4.98 Å². The predicted molar refractivity (Wildman–Crippen MR) is 104 cm³/mol. The molecule has 2 N–H and O–H groups in total. The Labute approximate surface area is 158 Å². The average molecular weight is 367 g/mol. The van der Waals surface area contributed by atoms with Crippen molar-refractivity contribution >= 4 is 28.6 Å². The molecule has 4 rings (SSSR count). The summed E-state index contributed by atoms with van der Waals surface area (Å²) >= 11 is 0. The van der Waals surface area contributed by atoms with Gasteiger partial charge in [0.05, 0.1) is 11.9 Å². The first-order valence-corrected chi connectivity index (χ1v) is 9.58. The molecule has 8 nitrogen and oxygen atoms in total. The van der Waals surface area contributed by atoms with Crippen LogP contribution in [0.4, 0.5) is 11.6 Å². The Morgan fingerprint density at radius 3 is 2.93 bits per heavy atom. The van der Waals surface area contributed by atoms with Crippen molar-refractivity contribution in [3.8, 4) is 0 Å². The Balaban J connectivity index is 1.54. The van der Waals surface area contributed by atoms with E-state index in [2.05, 4.69) is 51.4 Å². The summed E-state index contributed by atoms with van der Waals surface area (Å²) in [5.41, 5.74) is 1.70. The first-order chi connectivity index (χ1) is 13.2. The summed E-state index contributed by atoms with van der Waals surface area (Å²) in [4.78, 5) is 20.9. The highest BCUT2D eigenvalue weighted by Crippen LogP contribution is 2.22. The maximum atomic E-state index is 11.8. The molecular weight excluding hydrogens is 342 g/mol. The SMILES string of the molecule is CCC(CC)Cn1ccc2cnc(Nc3cnn(C4CCNC4=O)c3)nc21. The number of nitrogens with one attached hydrogen (secondary N) is 2. The fraction of sp³-hybridized carbons (Fsp3) is 0.474. The first-order valence-electron chi connectivity index (χ1n) is 9.58. The van der Waals surface area contributed by atoms with Gasteiger partial charge in [-0.15, -0.1) is 0 Å². The Bertz CT molecular complexity index is 941. The van der Waals surface area contributed by atoms with Gasteiger partial charge >= 0.3 is 0 Å². The first kappa shape index (κ1) is 17.5. The maximum absolute atomic E-state index is 11.8. The summed E-state index contributed by atoms with van der Waals surface area (Å²) in [6, 6.07) is 1.82. The van der Waals surface area contributed by atoms with Crippen molar-refractivity contribution in [3.05, 3.63) is 30.9 Å². The van der Waals surface area contributed by atoms with Crippen LogP contribution in [0, 0.1) is 5.92 Å². The van der Waals surface area contributed by atoms with Gasteiger partial charge in [0.2, 0.25) is 11.9 Å². The van der Waals surface area contributed by atoms with Gasteiger partial charge in [-0.05, 0) is 18.4 Å². The molecule has 0 spiro atoms. The molecule has 4 heterocycles. The van der Waals surface area contributed by atoms with Gasteiger partial charge < -0.3 is 15.2 Å². The van der Waals surface area contributed by atoms with Crippen molar-refractivity contribution in [1.29, 1.82) is 0 Å². The highest BCUT2D eigenvalue weighted by Gasteiger charge is 2.26. The van der Waals surface area contributed by atoms with Crippen LogP contribution >= 0.6 is 0 Å². The van der Waals surface area contributed by atoms with Crippen LogP contribution in [0.3, 0.4) is 0 Å². The van der Waals surface area contributed by atoms with Crippen molar-refractivity contribution in [2.45, 2.75) is 45.7 Å². The van der Waals surface area contributed by atoms with E-state index in [0.29, 0.717) is 18.4 Å². The molecule has 27 heavy (non-hydrogen) atoms. The highest BCUT2D eigenvalue weighted by molar-refractivity contribution is 5.82. The molecular formula is C19H25N7O. The summed E-state index contributed by atoms with van der Waals surface area (Å²) in [5.74, 6) is 1.19. The van der Waals surface area contributed by atoms with Crippen molar-refractivity contribution in [2.24, 2.45) is 5.92 Å². The Kier molecular flexibility index (Phi) is 4.79. The molecule has 0 bridgehead atoms. The number of carbonyl (C=O) groups is 1. The smallest absolute Gasteiger partial charge is 0.244 e. The highest BCUT2D eigenvalue weighted by atomic mass is 16.2. The number of amides is 1. The molecule has 1 aliphatic heterocycles. The van der Waals surface area contributed by atoms with E-state index < -0.39 is 0 Å². The van der Waals surface area contributed by atoms with Gasteiger partial charge in [0.15, 0.2) is 0 Å². The third-order valence-corrected chi connectivity index (χ3v) is 5.31. The molecule has 0 aromatic carbocycles. The Hall–Kier alpha value is -2.90. The summed E-state index contributed by atoms with van der Waals surface area (Å²) < 4.78 is 3.89. The number of aromatic nitrogens is 5. The van der Waals surface area contributed by atoms with Crippen LogP contribution in [0.1, 0.15) is 39.2 Å². The fourth-order valence-electron chi connectivity index (χ4n) is 3.54. The van der Waals surface area contributed by atoms with Crippen LogP contribution in [-0.4, -0.2) is 36.8 Å². The van der Waals surface area contributed by atoms with Gasteiger partial charge in [0.25, 0.3) is 0 Å². The average Bonchev–Trinajstić information content (AvgIpc) is 3.40. The molecule has 0 saturated carbocycles. The topological polar surface area (TPSA) is 89.7 Å². The second-order valence-electron chi connectivity index (χ2n) is 7.05. The summed E-state index contributed by atoms with van der Waals surface area (Å²) in [7, 11) is 0.